The minimum Gasteiger partial charge on any atom is -0.348 e. The van der Waals surface area contributed by atoms with Crippen LogP contribution in [0.2, 0.25) is 5.02 Å². The van der Waals surface area contributed by atoms with Gasteiger partial charge in [0.2, 0.25) is 5.43 Å². The highest BCUT2D eigenvalue weighted by atomic mass is 35.5. The molecule has 1 heterocycles. The third-order valence-corrected chi connectivity index (χ3v) is 3.83. The van der Waals surface area contributed by atoms with Crippen LogP contribution in [-0.4, -0.2) is 23.3 Å². The third-order valence-electron chi connectivity index (χ3n) is 2.90. The van der Waals surface area contributed by atoms with Gasteiger partial charge in [0.25, 0.3) is 0 Å². The lowest BCUT2D eigenvalue weighted by Crippen LogP contribution is -2.18. The molecule has 0 aliphatic rings. The standard InChI is InChI=1S/C13H9ClF3NO2S.CH4S/c1-5(19)9-11(20)7-3-6(14)4-8(13(15,16)17)10(7)18-12(9)21-2;1-2/h3-4H,1-2H3,(H,18,20);2H,1H3/p+1. The summed E-state index contributed by atoms with van der Waals surface area (Å²) in [6.07, 6.45) is -1.30. The van der Waals surface area contributed by atoms with Gasteiger partial charge in [0.1, 0.15) is 0 Å². The van der Waals surface area contributed by atoms with Gasteiger partial charge in [0.15, 0.2) is 5.78 Å². The van der Waals surface area contributed by atoms with Crippen LogP contribution in [0.25, 0.3) is 10.9 Å². The Balaban J connectivity index is 0.00000127. The van der Waals surface area contributed by atoms with Crippen molar-refractivity contribution in [1.29, 1.82) is 0 Å². The maximum Gasteiger partial charge on any atom is 0.418 e. The summed E-state index contributed by atoms with van der Waals surface area (Å²) in [4.78, 5) is 26.4. The molecule has 0 atom stereocenters. The van der Waals surface area contributed by atoms with Crippen molar-refractivity contribution in [2.75, 3.05) is 12.5 Å². The van der Waals surface area contributed by atoms with Crippen molar-refractivity contribution in [2.24, 2.45) is 0 Å². The topological polar surface area (TPSA) is 49.9 Å². The summed E-state index contributed by atoms with van der Waals surface area (Å²) in [5, 5.41) is -0.364. The van der Waals surface area contributed by atoms with Gasteiger partial charge in [-0.1, -0.05) is 11.6 Å². The third kappa shape index (κ3) is 4.05. The van der Waals surface area contributed by atoms with Gasteiger partial charge in [0, 0.05) is 10.4 Å². The van der Waals surface area contributed by atoms with Crippen LogP contribution < -0.4 is 5.43 Å². The van der Waals surface area contributed by atoms with Gasteiger partial charge in [0.05, 0.1) is 27.9 Å². The number of aromatic amines is 1. The van der Waals surface area contributed by atoms with Gasteiger partial charge < -0.3 is 4.98 Å². The van der Waals surface area contributed by atoms with Crippen LogP contribution in [0.3, 0.4) is 0 Å². The number of halogens is 4. The Labute approximate surface area is 145 Å². The van der Waals surface area contributed by atoms with E-state index in [1.807, 2.05) is 0 Å². The van der Waals surface area contributed by atoms with E-state index in [0.29, 0.717) is 0 Å². The maximum atomic E-state index is 13.1. The zero-order valence-electron chi connectivity index (χ0n) is 12.4. The van der Waals surface area contributed by atoms with Crippen LogP contribution in [0, 0.1) is 0 Å². The van der Waals surface area contributed by atoms with Gasteiger partial charge in [-0.05, 0) is 37.9 Å². The highest BCUT2D eigenvalue weighted by Crippen LogP contribution is 2.36. The number of thioether (sulfide) groups is 1. The number of hydrogen-bond acceptors (Lipinski definition) is 3. The first-order chi connectivity index (χ1) is 10.7. The molecule has 0 unspecified atom stereocenters. The highest BCUT2D eigenvalue weighted by molar-refractivity contribution is 7.98. The Morgan fingerprint density at radius 1 is 1.30 bits per heavy atom. The monoisotopic (exact) mass is 384 g/mol. The molecule has 0 bridgehead atoms. The molecule has 0 saturated carbocycles. The first-order valence-corrected chi connectivity index (χ1v) is 8.78. The molecule has 2 aromatic rings. The van der Waals surface area contributed by atoms with E-state index in [9.17, 15) is 22.8 Å². The number of hydrogen-bond donors (Lipinski definition) is 1. The molecule has 23 heavy (non-hydrogen) atoms. The fourth-order valence-electron chi connectivity index (χ4n) is 2.03. The minimum atomic E-state index is -4.67. The van der Waals surface area contributed by atoms with E-state index < -0.39 is 23.0 Å². The van der Waals surface area contributed by atoms with Crippen molar-refractivity contribution in [3.05, 3.63) is 38.5 Å². The summed E-state index contributed by atoms with van der Waals surface area (Å²) in [5.74, 6) is -0.518. The molecule has 1 N–H and O–H groups in total. The van der Waals surface area contributed by atoms with Crippen LogP contribution in [0.1, 0.15) is 22.8 Å². The second-order valence-corrected chi connectivity index (χ2v) is 5.55. The smallest absolute Gasteiger partial charge is 0.348 e. The maximum absolute atomic E-state index is 13.1. The summed E-state index contributed by atoms with van der Waals surface area (Å²) in [6, 6.07) is 1.87. The van der Waals surface area contributed by atoms with Crippen molar-refractivity contribution >= 4 is 52.7 Å². The second kappa shape index (κ2) is 7.63. The van der Waals surface area contributed by atoms with Crippen molar-refractivity contribution in [3.8, 4) is 0 Å². The molecule has 1 aromatic heterocycles. The lowest BCUT2D eigenvalue weighted by molar-refractivity contribution is -0.136. The van der Waals surface area contributed by atoms with Crippen LogP contribution in [0.5, 0.6) is 0 Å². The number of nitrogens with one attached hydrogen (secondary N) is 1. The molecule has 0 aliphatic carbocycles. The Kier molecular flexibility index (Phi) is 6.61. The number of Topliss-reactive ketones (excluding diaryl/α,β-unsaturated/α-hetero) is 1. The molecule has 0 amide bonds. The highest BCUT2D eigenvalue weighted by Gasteiger charge is 2.34. The average Bonchev–Trinajstić information content (AvgIpc) is 2.47. The Morgan fingerprint density at radius 3 is 2.30 bits per heavy atom. The Hall–Kier alpha value is -1.12. The van der Waals surface area contributed by atoms with E-state index in [1.165, 1.54) is 6.92 Å². The first kappa shape index (κ1) is 19.9. The number of carbonyl (C=O) groups excluding carboxylic acids is 1. The first-order valence-electron chi connectivity index (χ1n) is 6.18. The van der Waals surface area contributed by atoms with Crippen LogP contribution in [0.4, 0.5) is 13.2 Å². The molecule has 9 heteroatoms. The van der Waals surface area contributed by atoms with E-state index in [-0.39, 0.29) is 26.5 Å². The van der Waals surface area contributed by atoms with Crippen LogP contribution >= 0.6 is 23.4 Å². The predicted octanol–water partition coefficient (Wildman–Crippen LogP) is 3.75. The van der Waals surface area contributed by atoms with E-state index >= 15 is 0 Å². The Morgan fingerprint density at radius 2 is 1.87 bits per heavy atom. The molecule has 0 spiro atoms. The average molecular weight is 385 g/mol. The number of pyridine rings is 1. The number of aromatic nitrogens is 1. The molecule has 0 aliphatic heterocycles. The number of rotatable bonds is 2. The SMILES string of the molecule is CSc1[nH]c2c(C(F)(F)F)cc(Cl)cc2c(=O)c1C(C)=O.C[SH2+]. The second-order valence-electron chi connectivity index (χ2n) is 4.29. The number of alkyl halides is 3. The molecule has 2 rings (SSSR count). The van der Waals surface area contributed by atoms with Crippen molar-refractivity contribution < 1.29 is 18.0 Å². The molecular formula is C14H14ClF3NO2S2+. The van der Waals surface area contributed by atoms with Crippen molar-refractivity contribution in [1.82, 2.24) is 4.98 Å². The summed E-state index contributed by atoms with van der Waals surface area (Å²) in [5.41, 5.74) is -2.32. The van der Waals surface area contributed by atoms with E-state index in [1.54, 1.807) is 12.5 Å². The van der Waals surface area contributed by atoms with Crippen LogP contribution in [-0.2, 0) is 18.8 Å². The van der Waals surface area contributed by atoms with Crippen molar-refractivity contribution in [2.45, 2.75) is 18.1 Å². The van der Waals surface area contributed by atoms with Gasteiger partial charge >= 0.3 is 6.18 Å². The zero-order chi connectivity index (χ0) is 17.9. The van der Waals surface area contributed by atoms with E-state index in [4.69, 9.17) is 11.6 Å². The van der Waals surface area contributed by atoms with Gasteiger partial charge in [-0.3, -0.25) is 9.59 Å². The Bertz CT molecular complexity index is 803. The summed E-state index contributed by atoms with van der Waals surface area (Å²) in [6.45, 7) is 1.19. The summed E-state index contributed by atoms with van der Waals surface area (Å²) < 4.78 is 39.2. The number of benzene rings is 1. The van der Waals surface area contributed by atoms with Gasteiger partial charge in [-0.2, -0.15) is 13.2 Å². The molecule has 0 saturated heterocycles. The zero-order valence-corrected chi connectivity index (χ0v) is 15.0. The number of ketones is 1. The summed E-state index contributed by atoms with van der Waals surface area (Å²) in [7, 11) is 0. The molecule has 0 radical (unpaired) electrons. The molecular weight excluding hydrogens is 371 g/mol. The summed E-state index contributed by atoms with van der Waals surface area (Å²) >= 11 is 9.64. The molecule has 0 fully saturated rings. The van der Waals surface area contributed by atoms with Gasteiger partial charge in [-0.15, -0.1) is 11.8 Å². The van der Waals surface area contributed by atoms with Gasteiger partial charge in [-0.25, -0.2) is 0 Å². The molecule has 1 aromatic carbocycles. The lowest BCUT2D eigenvalue weighted by atomic mass is 10.1. The fraction of sp³-hybridized carbons (Fsp3) is 0.286. The lowest BCUT2D eigenvalue weighted by Gasteiger charge is -2.13. The quantitative estimate of drug-likeness (QED) is 0.487. The number of carbonyl (C=O) groups is 1. The molecule has 126 valence electrons. The number of fused-ring (bicyclic) bond motifs is 1. The van der Waals surface area contributed by atoms with Crippen LogP contribution in [0.15, 0.2) is 22.0 Å². The predicted molar refractivity (Wildman–Crippen MR) is 92.4 cm³/mol. The molecule has 3 nitrogen and oxygen atoms in total. The van der Waals surface area contributed by atoms with E-state index in [0.717, 1.165) is 23.9 Å². The van der Waals surface area contributed by atoms with E-state index in [2.05, 4.69) is 17.6 Å². The van der Waals surface area contributed by atoms with Crippen molar-refractivity contribution in [3.63, 3.8) is 0 Å². The normalized spacial score (nSPS) is 11.1. The fourth-order valence-corrected chi connectivity index (χ4v) is 2.89. The number of H-pyrrole nitrogens is 1. The minimum absolute atomic E-state index is 0.104. The largest absolute Gasteiger partial charge is 0.418 e.